The lowest BCUT2D eigenvalue weighted by atomic mass is 10.1. The van der Waals surface area contributed by atoms with Crippen LogP contribution in [0.15, 0.2) is 48.7 Å². The van der Waals surface area contributed by atoms with Crippen LogP contribution in [-0.2, 0) is 0 Å². The quantitative estimate of drug-likeness (QED) is 0.728. The standard InChI is InChI=1S/C18H15N5/c19-11-13-8-10-23(12-13)18-14-5-1-2-6-15(14)21-17(22-18)16-7-3-4-9-20-16/h1-7,9,13H,8,10,12H2. The van der Waals surface area contributed by atoms with E-state index in [4.69, 9.17) is 10.2 Å². The summed E-state index contributed by atoms with van der Waals surface area (Å²) in [6.45, 7) is 1.57. The van der Waals surface area contributed by atoms with E-state index in [1.807, 2.05) is 42.5 Å². The molecule has 1 atom stereocenters. The first-order valence-corrected chi connectivity index (χ1v) is 7.68. The Morgan fingerprint density at radius 3 is 2.74 bits per heavy atom. The Kier molecular flexibility index (Phi) is 3.35. The molecule has 0 spiro atoms. The van der Waals surface area contributed by atoms with E-state index in [1.54, 1.807) is 6.20 Å². The highest BCUT2D eigenvalue weighted by Gasteiger charge is 2.25. The smallest absolute Gasteiger partial charge is 0.180 e. The van der Waals surface area contributed by atoms with Gasteiger partial charge in [-0.15, -0.1) is 0 Å². The van der Waals surface area contributed by atoms with Crippen molar-refractivity contribution in [1.82, 2.24) is 15.0 Å². The Balaban J connectivity index is 1.87. The molecule has 0 radical (unpaired) electrons. The summed E-state index contributed by atoms with van der Waals surface area (Å²) in [6.07, 6.45) is 2.63. The maximum Gasteiger partial charge on any atom is 0.180 e. The van der Waals surface area contributed by atoms with Crippen LogP contribution in [0.25, 0.3) is 22.4 Å². The Hall–Kier alpha value is -3.00. The molecule has 0 amide bonds. The Morgan fingerprint density at radius 2 is 1.96 bits per heavy atom. The Bertz CT molecular complexity index is 885. The Morgan fingerprint density at radius 1 is 1.09 bits per heavy atom. The molecule has 1 aliphatic rings. The number of fused-ring (bicyclic) bond motifs is 1. The van der Waals surface area contributed by atoms with Crippen LogP contribution in [0.2, 0.25) is 0 Å². The lowest BCUT2D eigenvalue weighted by Gasteiger charge is -2.19. The van der Waals surface area contributed by atoms with Gasteiger partial charge < -0.3 is 4.90 Å². The number of hydrogen-bond acceptors (Lipinski definition) is 5. The zero-order chi connectivity index (χ0) is 15.6. The molecule has 112 valence electrons. The predicted molar refractivity (Wildman–Crippen MR) is 88.7 cm³/mol. The first kappa shape index (κ1) is 13.6. The van der Waals surface area contributed by atoms with E-state index in [2.05, 4.69) is 20.9 Å². The molecular weight excluding hydrogens is 286 g/mol. The van der Waals surface area contributed by atoms with E-state index in [9.17, 15) is 0 Å². The van der Waals surface area contributed by atoms with Gasteiger partial charge in [-0.1, -0.05) is 18.2 Å². The average molecular weight is 301 g/mol. The summed E-state index contributed by atoms with van der Waals surface area (Å²) in [5.74, 6) is 1.59. The van der Waals surface area contributed by atoms with Gasteiger partial charge in [0.2, 0.25) is 0 Å². The molecule has 3 heterocycles. The van der Waals surface area contributed by atoms with E-state index in [1.165, 1.54) is 0 Å². The number of benzene rings is 1. The molecule has 1 aromatic carbocycles. The van der Waals surface area contributed by atoms with E-state index in [0.717, 1.165) is 41.9 Å². The number of anilines is 1. The third kappa shape index (κ3) is 2.49. The molecule has 4 rings (SSSR count). The van der Waals surface area contributed by atoms with Gasteiger partial charge in [0, 0.05) is 24.7 Å². The van der Waals surface area contributed by atoms with Crippen LogP contribution in [0.5, 0.6) is 0 Å². The van der Waals surface area contributed by atoms with E-state index >= 15 is 0 Å². The van der Waals surface area contributed by atoms with Crippen molar-refractivity contribution in [2.75, 3.05) is 18.0 Å². The number of pyridine rings is 1. The maximum absolute atomic E-state index is 9.16. The number of hydrogen-bond donors (Lipinski definition) is 0. The molecule has 1 aliphatic heterocycles. The van der Waals surface area contributed by atoms with Gasteiger partial charge in [-0.2, -0.15) is 5.26 Å². The van der Waals surface area contributed by atoms with Gasteiger partial charge in [0.25, 0.3) is 0 Å². The van der Waals surface area contributed by atoms with Gasteiger partial charge in [-0.3, -0.25) is 4.98 Å². The van der Waals surface area contributed by atoms with Gasteiger partial charge in [0.15, 0.2) is 5.82 Å². The fraction of sp³-hybridized carbons (Fsp3) is 0.222. The van der Waals surface area contributed by atoms with E-state index in [0.29, 0.717) is 5.82 Å². The molecule has 5 nitrogen and oxygen atoms in total. The highest BCUT2D eigenvalue weighted by Crippen LogP contribution is 2.30. The van der Waals surface area contributed by atoms with E-state index in [-0.39, 0.29) is 5.92 Å². The third-order valence-electron chi connectivity index (χ3n) is 4.15. The molecule has 3 aromatic rings. The number of para-hydroxylation sites is 1. The van der Waals surface area contributed by atoms with Crippen molar-refractivity contribution in [3.63, 3.8) is 0 Å². The first-order chi connectivity index (χ1) is 11.3. The van der Waals surface area contributed by atoms with Crippen LogP contribution in [0.4, 0.5) is 5.82 Å². The molecule has 0 aliphatic carbocycles. The molecular formula is C18H15N5. The summed E-state index contributed by atoms with van der Waals surface area (Å²) >= 11 is 0. The van der Waals surface area contributed by atoms with Crippen molar-refractivity contribution < 1.29 is 0 Å². The number of nitrogens with zero attached hydrogens (tertiary/aromatic N) is 5. The number of aromatic nitrogens is 3. The van der Waals surface area contributed by atoms with Gasteiger partial charge in [0.05, 0.1) is 17.5 Å². The molecule has 0 N–H and O–H groups in total. The summed E-state index contributed by atoms with van der Waals surface area (Å²) in [6, 6.07) is 16.1. The second kappa shape index (κ2) is 5.65. The van der Waals surface area contributed by atoms with Crippen molar-refractivity contribution in [3.8, 4) is 17.6 Å². The topological polar surface area (TPSA) is 65.7 Å². The molecule has 2 aromatic heterocycles. The summed E-state index contributed by atoms with van der Waals surface area (Å²) in [4.78, 5) is 16.0. The summed E-state index contributed by atoms with van der Waals surface area (Å²) < 4.78 is 0. The molecule has 1 fully saturated rings. The zero-order valence-corrected chi connectivity index (χ0v) is 12.6. The van der Waals surface area contributed by atoms with Crippen LogP contribution in [0.3, 0.4) is 0 Å². The van der Waals surface area contributed by atoms with Crippen molar-refractivity contribution >= 4 is 16.7 Å². The highest BCUT2D eigenvalue weighted by atomic mass is 15.2. The minimum Gasteiger partial charge on any atom is -0.355 e. The molecule has 23 heavy (non-hydrogen) atoms. The monoisotopic (exact) mass is 301 g/mol. The fourth-order valence-electron chi connectivity index (χ4n) is 2.97. The predicted octanol–water partition coefficient (Wildman–Crippen LogP) is 3.04. The van der Waals surface area contributed by atoms with Gasteiger partial charge in [0.1, 0.15) is 11.5 Å². The molecule has 1 saturated heterocycles. The second-order valence-electron chi connectivity index (χ2n) is 5.66. The highest BCUT2D eigenvalue weighted by molar-refractivity contribution is 5.91. The van der Waals surface area contributed by atoms with Crippen LogP contribution < -0.4 is 4.90 Å². The third-order valence-corrected chi connectivity index (χ3v) is 4.15. The largest absolute Gasteiger partial charge is 0.355 e. The van der Waals surface area contributed by atoms with Crippen molar-refractivity contribution in [3.05, 3.63) is 48.7 Å². The minimum atomic E-state index is 0.0713. The minimum absolute atomic E-state index is 0.0713. The zero-order valence-electron chi connectivity index (χ0n) is 12.6. The maximum atomic E-state index is 9.16. The van der Waals surface area contributed by atoms with Gasteiger partial charge >= 0.3 is 0 Å². The molecule has 1 unspecified atom stereocenters. The van der Waals surface area contributed by atoms with Crippen molar-refractivity contribution in [1.29, 1.82) is 5.26 Å². The molecule has 0 bridgehead atoms. The van der Waals surface area contributed by atoms with Crippen molar-refractivity contribution in [2.24, 2.45) is 5.92 Å². The molecule has 0 saturated carbocycles. The van der Waals surface area contributed by atoms with Gasteiger partial charge in [-0.05, 0) is 30.7 Å². The SMILES string of the molecule is N#CC1CCN(c2nc(-c3ccccn3)nc3ccccc23)C1. The lowest BCUT2D eigenvalue weighted by Crippen LogP contribution is -2.21. The lowest BCUT2D eigenvalue weighted by molar-refractivity contribution is 0.754. The van der Waals surface area contributed by atoms with Crippen LogP contribution in [0.1, 0.15) is 6.42 Å². The fourth-order valence-corrected chi connectivity index (χ4v) is 2.97. The van der Waals surface area contributed by atoms with Crippen LogP contribution >= 0.6 is 0 Å². The van der Waals surface area contributed by atoms with Crippen molar-refractivity contribution in [2.45, 2.75) is 6.42 Å². The number of rotatable bonds is 2. The second-order valence-corrected chi connectivity index (χ2v) is 5.66. The summed E-state index contributed by atoms with van der Waals surface area (Å²) in [5.41, 5.74) is 1.66. The van der Waals surface area contributed by atoms with Gasteiger partial charge in [-0.25, -0.2) is 9.97 Å². The Labute approximate surface area is 134 Å². The average Bonchev–Trinajstić information content (AvgIpc) is 3.10. The first-order valence-electron chi connectivity index (χ1n) is 7.68. The van der Waals surface area contributed by atoms with Crippen LogP contribution in [0, 0.1) is 17.2 Å². The van der Waals surface area contributed by atoms with E-state index < -0.39 is 0 Å². The molecule has 5 heteroatoms. The summed E-state index contributed by atoms with van der Waals surface area (Å²) in [7, 11) is 0. The normalized spacial score (nSPS) is 17.3. The van der Waals surface area contributed by atoms with Crippen LogP contribution in [-0.4, -0.2) is 28.0 Å². The number of nitriles is 1. The summed E-state index contributed by atoms with van der Waals surface area (Å²) in [5, 5.41) is 10.2.